The lowest BCUT2D eigenvalue weighted by atomic mass is 9.98. The summed E-state index contributed by atoms with van der Waals surface area (Å²) >= 11 is 0. The highest BCUT2D eigenvalue weighted by atomic mass is 16.6. The first-order valence-electron chi connectivity index (χ1n) is 4.71. The molecule has 15 heavy (non-hydrogen) atoms. The van der Waals surface area contributed by atoms with Crippen LogP contribution in [0.5, 0.6) is 0 Å². The van der Waals surface area contributed by atoms with E-state index in [-0.39, 0.29) is 11.9 Å². The fourth-order valence-electron chi connectivity index (χ4n) is 1.59. The van der Waals surface area contributed by atoms with E-state index < -0.39 is 12.1 Å². The Morgan fingerprint density at radius 3 is 2.53 bits per heavy atom. The zero-order chi connectivity index (χ0) is 10.8. The van der Waals surface area contributed by atoms with Gasteiger partial charge in [-0.25, -0.2) is 0 Å². The summed E-state index contributed by atoms with van der Waals surface area (Å²) in [5.41, 5.74) is 0.948. The molecule has 1 amide bonds. The molecule has 1 aliphatic heterocycles. The van der Waals surface area contributed by atoms with Crippen LogP contribution in [0.4, 0.5) is 0 Å². The molecule has 0 saturated carbocycles. The van der Waals surface area contributed by atoms with Gasteiger partial charge in [0.1, 0.15) is 6.04 Å². The van der Waals surface area contributed by atoms with Crippen LogP contribution in [-0.2, 0) is 14.3 Å². The molecule has 1 aromatic rings. The van der Waals surface area contributed by atoms with Crippen LogP contribution in [0.3, 0.4) is 0 Å². The van der Waals surface area contributed by atoms with Gasteiger partial charge in [0.2, 0.25) is 6.10 Å². The summed E-state index contributed by atoms with van der Waals surface area (Å²) < 4.78 is 4.91. The maximum absolute atomic E-state index is 11.2. The van der Waals surface area contributed by atoms with Gasteiger partial charge >= 0.3 is 5.97 Å². The normalized spacial score (nSPS) is 23.9. The van der Waals surface area contributed by atoms with Gasteiger partial charge in [0.05, 0.1) is 0 Å². The predicted octanol–water partition coefficient (Wildman–Crippen LogP) is 0.789. The summed E-state index contributed by atoms with van der Waals surface area (Å²) in [6, 6.07) is 9.23. The van der Waals surface area contributed by atoms with Gasteiger partial charge in [0.15, 0.2) is 0 Å². The maximum atomic E-state index is 11.2. The van der Waals surface area contributed by atoms with Gasteiger partial charge in [-0.05, 0) is 5.56 Å². The second-order valence-electron chi connectivity index (χ2n) is 3.43. The van der Waals surface area contributed by atoms with Crippen molar-refractivity contribution in [1.29, 1.82) is 0 Å². The smallest absolute Gasteiger partial charge is 0.303 e. The van der Waals surface area contributed by atoms with Gasteiger partial charge in [-0.2, -0.15) is 0 Å². The van der Waals surface area contributed by atoms with Gasteiger partial charge in [0.25, 0.3) is 5.91 Å². The second kappa shape index (κ2) is 3.73. The molecule has 0 aromatic heterocycles. The number of carbonyl (C=O) groups is 2. The minimum atomic E-state index is -0.676. The molecule has 1 heterocycles. The second-order valence-corrected chi connectivity index (χ2v) is 3.43. The first kappa shape index (κ1) is 9.71. The van der Waals surface area contributed by atoms with Crippen molar-refractivity contribution >= 4 is 11.9 Å². The molecule has 0 unspecified atom stereocenters. The summed E-state index contributed by atoms with van der Waals surface area (Å²) in [5, 5.41) is 2.70. The topological polar surface area (TPSA) is 55.4 Å². The van der Waals surface area contributed by atoms with Gasteiger partial charge in [-0.1, -0.05) is 30.3 Å². The number of amides is 1. The van der Waals surface area contributed by atoms with E-state index in [1.807, 2.05) is 30.3 Å². The fraction of sp³-hybridized carbons (Fsp3) is 0.273. The van der Waals surface area contributed by atoms with Crippen LogP contribution in [0.1, 0.15) is 18.5 Å². The monoisotopic (exact) mass is 206 g/mol. The van der Waals surface area contributed by atoms with Gasteiger partial charge in [0, 0.05) is 6.92 Å². The molecule has 0 aliphatic carbocycles. The highest BCUT2D eigenvalue weighted by Gasteiger charge is 2.42. The number of nitrogens with one attached hydrogen (secondary N) is 1. The van der Waals surface area contributed by atoms with E-state index in [1.54, 1.807) is 0 Å². The van der Waals surface area contributed by atoms with E-state index in [1.165, 1.54) is 6.92 Å². The molecule has 78 valence electrons. The van der Waals surface area contributed by atoms with E-state index in [0.29, 0.717) is 0 Å². The van der Waals surface area contributed by atoms with Crippen molar-refractivity contribution in [2.75, 3.05) is 0 Å². The number of β-lactam (4-membered cyclic amide) rings is 1. The van der Waals surface area contributed by atoms with Crippen LogP contribution >= 0.6 is 0 Å². The first-order valence-corrected chi connectivity index (χ1v) is 4.71. The standard InChI is InChI=1S/C11H11NO3/c1-7(13)15-10-9(12-11(10)14)8-5-3-2-4-6-8/h2-6,9-10H,1H3,(H,12,14)/t9-,10+/m0/s1/i12+1. The quantitative estimate of drug-likeness (QED) is 0.442. The lowest BCUT2D eigenvalue weighted by Crippen LogP contribution is -2.57. The maximum Gasteiger partial charge on any atom is 0.303 e. The molecule has 4 nitrogen and oxygen atoms in total. The zero-order valence-corrected chi connectivity index (χ0v) is 8.27. The van der Waals surface area contributed by atoms with Crippen LogP contribution in [0.15, 0.2) is 30.3 Å². The lowest BCUT2D eigenvalue weighted by Gasteiger charge is -2.35. The molecule has 1 fully saturated rings. The molecule has 0 bridgehead atoms. The highest BCUT2D eigenvalue weighted by Crippen LogP contribution is 2.26. The van der Waals surface area contributed by atoms with Crippen LogP contribution < -0.4 is 5.32 Å². The Morgan fingerprint density at radius 2 is 2.00 bits per heavy atom. The van der Waals surface area contributed by atoms with E-state index in [2.05, 4.69) is 5.32 Å². The minimum absolute atomic E-state index is 0.206. The molecular formula is C11H11NO3. The summed E-state index contributed by atoms with van der Waals surface area (Å²) in [5.74, 6) is -0.671. The number of benzene rings is 1. The molecule has 1 aliphatic rings. The lowest BCUT2D eigenvalue weighted by molar-refractivity contribution is -0.164. The summed E-state index contributed by atoms with van der Waals surface area (Å²) in [6.45, 7) is 1.30. The van der Waals surface area contributed by atoms with Crippen LogP contribution in [-0.4, -0.2) is 18.0 Å². The Bertz CT molecular complexity index is 388. The third-order valence-electron chi connectivity index (χ3n) is 2.31. The first-order chi connectivity index (χ1) is 7.18. The van der Waals surface area contributed by atoms with Crippen LogP contribution in [0, 0.1) is 0 Å². The number of hydrogen-bond acceptors (Lipinski definition) is 3. The average molecular weight is 206 g/mol. The third kappa shape index (κ3) is 1.83. The van der Waals surface area contributed by atoms with Crippen molar-refractivity contribution in [3.05, 3.63) is 35.9 Å². The number of ether oxygens (including phenoxy) is 1. The number of carbonyl (C=O) groups excluding carboxylic acids is 2. The molecule has 1 N–H and O–H groups in total. The van der Waals surface area contributed by atoms with Crippen LogP contribution in [0.25, 0.3) is 0 Å². The number of rotatable bonds is 2. The summed E-state index contributed by atoms with van der Waals surface area (Å²) in [7, 11) is 0. The summed E-state index contributed by atoms with van der Waals surface area (Å²) in [6.07, 6.45) is -0.676. The average Bonchev–Trinajstić information content (AvgIpc) is 2.24. The third-order valence-corrected chi connectivity index (χ3v) is 2.31. The van der Waals surface area contributed by atoms with Crippen molar-refractivity contribution in [3.63, 3.8) is 0 Å². The molecule has 1 saturated heterocycles. The largest absolute Gasteiger partial charge is 0.450 e. The van der Waals surface area contributed by atoms with Gasteiger partial charge in [-0.15, -0.1) is 0 Å². The Labute approximate surface area is 87.2 Å². The Hall–Kier alpha value is -1.84. The van der Waals surface area contributed by atoms with E-state index in [4.69, 9.17) is 4.74 Å². The van der Waals surface area contributed by atoms with Crippen molar-refractivity contribution < 1.29 is 14.3 Å². The van der Waals surface area contributed by atoms with Crippen molar-refractivity contribution in [2.24, 2.45) is 0 Å². The predicted molar refractivity (Wildman–Crippen MR) is 52.9 cm³/mol. The van der Waals surface area contributed by atoms with Crippen molar-refractivity contribution in [1.82, 2.24) is 5.32 Å². The zero-order valence-electron chi connectivity index (χ0n) is 8.27. The molecule has 1 aromatic carbocycles. The van der Waals surface area contributed by atoms with Gasteiger partial charge < -0.3 is 10.1 Å². The number of esters is 1. The Morgan fingerprint density at radius 1 is 1.33 bits per heavy atom. The Kier molecular flexibility index (Phi) is 2.41. The SMILES string of the molecule is CC(=O)O[C@H]1C(=O)[15NH][C@H]1c1ccccc1. The van der Waals surface area contributed by atoms with E-state index >= 15 is 0 Å². The molecule has 4 heteroatoms. The molecule has 0 radical (unpaired) electrons. The molecule has 2 rings (SSSR count). The van der Waals surface area contributed by atoms with Crippen molar-refractivity contribution in [2.45, 2.75) is 19.1 Å². The van der Waals surface area contributed by atoms with E-state index in [9.17, 15) is 9.59 Å². The highest BCUT2D eigenvalue weighted by molar-refractivity contribution is 5.90. The Balaban J connectivity index is 2.12. The van der Waals surface area contributed by atoms with Gasteiger partial charge in [-0.3, -0.25) is 9.59 Å². The minimum Gasteiger partial charge on any atom is -0.450 e. The molecule has 0 spiro atoms. The van der Waals surface area contributed by atoms with Crippen LogP contribution in [0.2, 0.25) is 0 Å². The molecular weight excluding hydrogens is 195 g/mol. The number of hydrogen-bond donors (Lipinski definition) is 1. The molecule has 2 atom stereocenters. The summed E-state index contributed by atoms with van der Waals surface area (Å²) in [4.78, 5) is 21.9. The van der Waals surface area contributed by atoms with Crippen molar-refractivity contribution in [3.8, 4) is 0 Å². The fourth-order valence-corrected chi connectivity index (χ4v) is 1.59. The van der Waals surface area contributed by atoms with E-state index in [0.717, 1.165) is 5.56 Å².